The molecule has 1 amide bonds. The van der Waals surface area contributed by atoms with Crippen LogP contribution in [-0.2, 0) is 20.7 Å². The molecule has 1 unspecified atom stereocenters. The van der Waals surface area contributed by atoms with E-state index in [1.165, 1.54) is 0 Å². The number of ether oxygens (including phenoxy) is 1. The minimum absolute atomic E-state index is 0.0747. The largest absolute Gasteiger partial charge is 0.481 e. The van der Waals surface area contributed by atoms with Gasteiger partial charge in [0.1, 0.15) is 0 Å². The smallest absolute Gasteiger partial charge is 0.308 e. The summed E-state index contributed by atoms with van der Waals surface area (Å²) in [5.41, 5.74) is 2.24. The zero-order valence-electron chi connectivity index (χ0n) is 13.9. The second kappa shape index (κ2) is 9.18. The number of rotatable bonds is 7. The van der Waals surface area contributed by atoms with Crippen molar-refractivity contribution in [2.24, 2.45) is 11.8 Å². The predicted molar refractivity (Wildman–Crippen MR) is 94.9 cm³/mol. The number of carbonyl (C=O) groups excluding carboxylic acids is 1. The topological polar surface area (TPSA) is 75.6 Å². The zero-order valence-corrected chi connectivity index (χ0v) is 15.5. The summed E-state index contributed by atoms with van der Waals surface area (Å²) in [7, 11) is 0. The highest BCUT2D eigenvalue weighted by atomic mass is 79.9. The Morgan fingerprint density at radius 1 is 1.38 bits per heavy atom. The van der Waals surface area contributed by atoms with Crippen LogP contribution >= 0.6 is 15.9 Å². The summed E-state index contributed by atoms with van der Waals surface area (Å²) in [6.07, 6.45) is 2.49. The second-order valence-corrected chi connectivity index (χ2v) is 7.14. The first-order valence-corrected chi connectivity index (χ1v) is 9.09. The van der Waals surface area contributed by atoms with E-state index < -0.39 is 11.9 Å². The van der Waals surface area contributed by atoms with Gasteiger partial charge in [0.2, 0.25) is 5.91 Å². The van der Waals surface area contributed by atoms with E-state index >= 15 is 0 Å². The number of carboxylic acid groups (broad SMARTS) is 1. The zero-order chi connectivity index (χ0) is 17.5. The Kier molecular flexibility index (Phi) is 7.24. The molecule has 2 N–H and O–H groups in total. The lowest BCUT2D eigenvalue weighted by Crippen LogP contribution is -2.39. The number of hydrogen-bond donors (Lipinski definition) is 2. The first-order chi connectivity index (χ1) is 11.5. The Morgan fingerprint density at radius 2 is 2.08 bits per heavy atom. The van der Waals surface area contributed by atoms with Crippen LogP contribution in [0.2, 0.25) is 0 Å². The number of aliphatic carboxylic acids is 1. The molecule has 0 radical (unpaired) electrons. The molecule has 0 saturated carbocycles. The molecule has 24 heavy (non-hydrogen) atoms. The lowest BCUT2D eigenvalue weighted by Gasteiger charge is -2.27. The third-order valence-electron chi connectivity index (χ3n) is 4.53. The van der Waals surface area contributed by atoms with E-state index in [0.29, 0.717) is 26.1 Å². The Balaban J connectivity index is 1.80. The van der Waals surface area contributed by atoms with Gasteiger partial charge in [0.25, 0.3) is 0 Å². The van der Waals surface area contributed by atoms with Crippen LogP contribution < -0.4 is 5.32 Å². The maximum Gasteiger partial charge on any atom is 0.308 e. The van der Waals surface area contributed by atoms with Crippen LogP contribution in [0.1, 0.15) is 30.4 Å². The standard InChI is InChI=1S/C18H24BrNO4/c1-12-10-13(2-4-16(12)19)3-5-17(21)20-11-15(18(22)23)14-6-8-24-9-7-14/h2,4,10,14-15H,3,5-9,11H2,1H3,(H,20,21)(H,22,23). The van der Waals surface area contributed by atoms with E-state index in [-0.39, 0.29) is 18.4 Å². The molecule has 1 aliphatic rings. The van der Waals surface area contributed by atoms with Crippen LogP contribution in [0.15, 0.2) is 22.7 Å². The molecule has 0 spiro atoms. The van der Waals surface area contributed by atoms with Gasteiger partial charge in [0.05, 0.1) is 5.92 Å². The van der Waals surface area contributed by atoms with Gasteiger partial charge in [-0.05, 0) is 49.3 Å². The molecule has 2 rings (SSSR count). The average Bonchev–Trinajstić information content (AvgIpc) is 2.57. The van der Waals surface area contributed by atoms with Gasteiger partial charge in [-0.3, -0.25) is 9.59 Å². The van der Waals surface area contributed by atoms with Gasteiger partial charge in [-0.2, -0.15) is 0 Å². The Hall–Kier alpha value is -1.40. The lowest BCUT2D eigenvalue weighted by molar-refractivity contribution is -0.144. The number of benzene rings is 1. The van der Waals surface area contributed by atoms with E-state index in [9.17, 15) is 14.7 Å². The van der Waals surface area contributed by atoms with Crippen LogP contribution in [0, 0.1) is 18.8 Å². The first kappa shape index (κ1) is 18.9. The predicted octanol–water partition coefficient (Wildman–Crippen LogP) is 2.93. The molecule has 0 aromatic heterocycles. The van der Waals surface area contributed by atoms with Gasteiger partial charge in [0.15, 0.2) is 0 Å². The molecule has 0 bridgehead atoms. The summed E-state index contributed by atoms with van der Waals surface area (Å²) in [5.74, 6) is -1.40. The fourth-order valence-corrected chi connectivity index (χ4v) is 3.25. The van der Waals surface area contributed by atoms with Crippen molar-refractivity contribution in [3.8, 4) is 0 Å². The second-order valence-electron chi connectivity index (χ2n) is 6.28. The summed E-state index contributed by atoms with van der Waals surface area (Å²) < 4.78 is 6.33. The summed E-state index contributed by atoms with van der Waals surface area (Å²) in [6.45, 7) is 3.41. The molecule has 1 aromatic carbocycles. The molecular formula is C18H24BrNO4. The molecule has 1 heterocycles. The van der Waals surface area contributed by atoms with Crippen molar-refractivity contribution in [1.29, 1.82) is 0 Å². The van der Waals surface area contributed by atoms with Crippen molar-refractivity contribution >= 4 is 27.8 Å². The SMILES string of the molecule is Cc1cc(CCC(=O)NCC(C(=O)O)C2CCOCC2)ccc1Br. The van der Waals surface area contributed by atoms with Crippen LogP contribution in [0.4, 0.5) is 0 Å². The maximum atomic E-state index is 12.0. The van der Waals surface area contributed by atoms with Crippen LogP contribution in [0.3, 0.4) is 0 Å². The maximum absolute atomic E-state index is 12.0. The quantitative estimate of drug-likeness (QED) is 0.741. The summed E-state index contributed by atoms with van der Waals surface area (Å²) in [4.78, 5) is 23.5. The van der Waals surface area contributed by atoms with Crippen molar-refractivity contribution in [1.82, 2.24) is 5.32 Å². The van der Waals surface area contributed by atoms with Crippen molar-refractivity contribution < 1.29 is 19.4 Å². The van der Waals surface area contributed by atoms with Gasteiger partial charge >= 0.3 is 5.97 Å². The highest BCUT2D eigenvalue weighted by Gasteiger charge is 2.29. The van der Waals surface area contributed by atoms with Gasteiger partial charge in [-0.15, -0.1) is 0 Å². The Morgan fingerprint density at radius 3 is 2.71 bits per heavy atom. The highest BCUT2D eigenvalue weighted by molar-refractivity contribution is 9.10. The van der Waals surface area contributed by atoms with Crippen LogP contribution in [0.25, 0.3) is 0 Å². The van der Waals surface area contributed by atoms with Gasteiger partial charge in [0, 0.05) is 30.7 Å². The molecule has 0 aliphatic carbocycles. The molecule has 6 heteroatoms. The molecule has 1 saturated heterocycles. The van der Waals surface area contributed by atoms with E-state index in [1.54, 1.807) is 0 Å². The normalized spacial score (nSPS) is 16.6. The average molecular weight is 398 g/mol. The Bertz CT molecular complexity index is 584. The van der Waals surface area contributed by atoms with Crippen molar-refractivity contribution in [2.75, 3.05) is 19.8 Å². The van der Waals surface area contributed by atoms with Crippen molar-refractivity contribution in [2.45, 2.75) is 32.6 Å². The Labute approximate surface area is 150 Å². The molecule has 1 atom stereocenters. The van der Waals surface area contributed by atoms with Crippen molar-refractivity contribution in [3.63, 3.8) is 0 Å². The molecule has 5 nitrogen and oxygen atoms in total. The highest BCUT2D eigenvalue weighted by Crippen LogP contribution is 2.24. The van der Waals surface area contributed by atoms with Crippen LogP contribution in [0.5, 0.6) is 0 Å². The minimum Gasteiger partial charge on any atom is -0.481 e. The van der Waals surface area contributed by atoms with Gasteiger partial charge in [-0.25, -0.2) is 0 Å². The third kappa shape index (κ3) is 5.60. The fraction of sp³-hybridized carbons (Fsp3) is 0.556. The molecule has 132 valence electrons. The van der Waals surface area contributed by atoms with E-state index in [4.69, 9.17) is 4.74 Å². The van der Waals surface area contributed by atoms with E-state index in [2.05, 4.69) is 27.3 Å². The molecule has 1 aliphatic heterocycles. The van der Waals surface area contributed by atoms with E-state index in [0.717, 1.165) is 28.4 Å². The number of hydrogen-bond acceptors (Lipinski definition) is 3. The summed E-state index contributed by atoms with van der Waals surface area (Å²) in [6, 6.07) is 6.03. The number of nitrogens with one attached hydrogen (secondary N) is 1. The summed E-state index contributed by atoms with van der Waals surface area (Å²) >= 11 is 3.46. The third-order valence-corrected chi connectivity index (χ3v) is 5.42. The monoisotopic (exact) mass is 397 g/mol. The number of amides is 1. The van der Waals surface area contributed by atoms with Gasteiger partial charge < -0.3 is 15.2 Å². The lowest BCUT2D eigenvalue weighted by atomic mass is 9.86. The van der Waals surface area contributed by atoms with Crippen LogP contribution in [-0.4, -0.2) is 36.7 Å². The van der Waals surface area contributed by atoms with E-state index in [1.807, 2.05) is 19.1 Å². The molecule has 1 fully saturated rings. The minimum atomic E-state index is -0.842. The number of aryl methyl sites for hydroxylation is 2. The van der Waals surface area contributed by atoms with Gasteiger partial charge in [-0.1, -0.05) is 28.1 Å². The number of carboxylic acids is 1. The molecule has 1 aromatic rings. The molecular weight excluding hydrogens is 374 g/mol. The number of halogens is 1. The number of carbonyl (C=O) groups is 2. The fourth-order valence-electron chi connectivity index (χ4n) is 3.01. The van der Waals surface area contributed by atoms with Crippen molar-refractivity contribution in [3.05, 3.63) is 33.8 Å². The summed E-state index contributed by atoms with van der Waals surface area (Å²) in [5, 5.41) is 12.2. The first-order valence-electron chi connectivity index (χ1n) is 8.29.